The smallest absolute Gasteiger partial charge is 0.325 e. The number of aryl methyl sites for hydroxylation is 3. The van der Waals surface area contributed by atoms with E-state index in [9.17, 15) is 18.0 Å². The van der Waals surface area contributed by atoms with Crippen LogP contribution in [0.25, 0.3) is 11.0 Å². The SMILES string of the molecule is Cc1cccc(NC(=O)CN(C)S(=O)(=O)c2ccc3c(c2)n(C)c(=O)n3C)c1. The average molecular weight is 402 g/mol. The predicted octanol–water partition coefficient (Wildman–Crippen LogP) is 1.44. The van der Waals surface area contributed by atoms with Crippen LogP contribution in [-0.4, -0.2) is 41.4 Å². The average Bonchev–Trinajstić information content (AvgIpc) is 2.85. The van der Waals surface area contributed by atoms with Gasteiger partial charge in [0, 0.05) is 26.8 Å². The number of imidazole rings is 1. The number of carbonyl (C=O) groups excluding carboxylic acids is 1. The van der Waals surface area contributed by atoms with E-state index in [4.69, 9.17) is 0 Å². The summed E-state index contributed by atoms with van der Waals surface area (Å²) >= 11 is 0. The largest absolute Gasteiger partial charge is 0.328 e. The molecule has 148 valence electrons. The quantitative estimate of drug-likeness (QED) is 0.699. The monoisotopic (exact) mass is 402 g/mol. The third kappa shape index (κ3) is 3.58. The van der Waals surface area contributed by atoms with Gasteiger partial charge in [-0.25, -0.2) is 13.2 Å². The Labute approximate surface area is 163 Å². The molecule has 0 aliphatic rings. The zero-order valence-corrected chi connectivity index (χ0v) is 16.9. The summed E-state index contributed by atoms with van der Waals surface area (Å²) in [6.07, 6.45) is 0. The standard InChI is InChI=1S/C19H22N4O4S/c1-13-6-5-7-14(10-13)20-18(24)12-21(2)28(26,27)15-8-9-16-17(11-15)23(4)19(25)22(16)3/h5-11H,12H2,1-4H3,(H,20,24). The Balaban J connectivity index is 1.83. The van der Waals surface area contributed by atoms with Crippen molar-refractivity contribution in [3.05, 3.63) is 58.5 Å². The van der Waals surface area contributed by atoms with E-state index in [0.29, 0.717) is 16.7 Å². The molecular formula is C19H22N4O4S. The fourth-order valence-electron chi connectivity index (χ4n) is 3.04. The number of likely N-dealkylation sites (N-methyl/N-ethyl adjacent to an activating group) is 1. The molecule has 8 nitrogen and oxygen atoms in total. The molecule has 0 unspecified atom stereocenters. The number of aromatic nitrogens is 2. The Bertz CT molecular complexity index is 1220. The number of sulfonamides is 1. The van der Waals surface area contributed by atoms with E-state index in [1.165, 1.54) is 28.3 Å². The molecular weight excluding hydrogens is 380 g/mol. The van der Waals surface area contributed by atoms with Crippen molar-refractivity contribution < 1.29 is 13.2 Å². The molecule has 1 aromatic heterocycles. The highest BCUT2D eigenvalue weighted by molar-refractivity contribution is 7.89. The number of rotatable bonds is 5. The Morgan fingerprint density at radius 3 is 2.43 bits per heavy atom. The zero-order valence-electron chi connectivity index (χ0n) is 16.1. The lowest BCUT2D eigenvalue weighted by Gasteiger charge is -2.17. The van der Waals surface area contributed by atoms with Crippen molar-refractivity contribution in [2.24, 2.45) is 14.1 Å². The summed E-state index contributed by atoms with van der Waals surface area (Å²) in [5, 5.41) is 2.69. The molecule has 0 saturated carbocycles. The number of benzene rings is 2. The van der Waals surface area contributed by atoms with Gasteiger partial charge in [-0.05, 0) is 42.8 Å². The minimum atomic E-state index is -3.90. The van der Waals surface area contributed by atoms with Crippen molar-refractivity contribution in [1.82, 2.24) is 13.4 Å². The number of anilines is 1. The molecule has 2 aromatic carbocycles. The van der Waals surface area contributed by atoms with E-state index < -0.39 is 15.9 Å². The molecule has 3 aromatic rings. The molecule has 1 heterocycles. The summed E-state index contributed by atoms with van der Waals surface area (Å²) in [4.78, 5) is 24.3. The Morgan fingerprint density at radius 1 is 1.07 bits per heavy atom. The Hall–Kier alpha value is -2.91. The summed E-state index contributed by atoms with van der Waals surface area (Å²) in [5.41, 5.74) is 2.49. The first-order valence-corrected chi connectivity index (χ1v) is 10.0. The molecule has 1 N–H and O–H groups in total. The molecule has 3 rings (SSSR count). The number of hydrogen-bond acceptors (Lipinski definition) is 4. The first kappa shape index (κ1) is 19.8. The van der Waals surface area contributed by atoms with Gasteiger partial charge in [-0.3, -0.25) is 13.9 Å². The topological polar surface area (TPSA) is 93.4 Å². The third-order valence-electron chi connectivity index (χ3n) is 4.62. The summed E-state index contributed by atoms with van der Waals surface area (Å²) in [5.74, 6) is -0.440. The fraction of sp³-hybridized carbons (Fsp3) is 0.263. The van der Waals surface area contributed by atoms with Crippen LogP contribution in [0.1, 0.15) is 5.56 Å². The summed E-state index contributed by atoms with van der Waals surface area (Å²) in [6.45, 7) is 1.57. The van der Waals surface area contributed by atoms with E-state index in [1.54, 1.807) is 32.3 Å². The lowest BCUT2D eigenvalue weighted by atomic mass is 10.2. The molecule has 9 heteroatoms. The first-order valence-electron chi connectivity index (χ1n) is 8.59. The second-order valence-electron chi connectivity index (χ2n) is 6.73. The van der Waals surface area contributed by atoms with Crippen LogP contribution in [0.5, 0.6) is 0 Å². The zero-order chi connectivity index (χ0) is 20.6. The highest BCUT2D eigenvalue weighted by Crippen LogP contribution is 2.20. The van der Waals surface area contributed by atoms with Gasteiger partial charge in [-0.2, -0.15) is 4.31 Å². The van der Waals surface area contributed by atoms with Gasteiger partial charge in [-0.1, -0.05) is 12.1 Å². The van der Waals surface area contributed by atoms with E-state index in [2.05, 4.69) is 5.32 Å². The van der Waals surface area contributed by atoms with E-state index in [1.807, 2.05) is 19.1 Å². The fourth-order valence-corrected chi connectivity index (χ4v) is 4.19. The van der Waals surface area contributed by atoms with Gasteiger partial charge in [0.2, 0.25) is 15.9 Å². The van der Waals surface area contributed by atoms with E-state index >= 15 is 0 Å². The molecule has 0 spiro atoms. The summed E-state index contributed by atoms with van der Waals surface area (Å²) < 4.78 is 29.6. The molecule has 0 bridgehead atoms. The maximum atomic E-state index is 12.9. The van der Waals surface area contributed by atoms with Crippen LogP contribution in [0.15, 0.2) is 52.2 Å². The summed E-state index contributed by atoms with van der Waals surface area (Å²) in [7, 11) is 0.657. The predicted molar refractivity (Wildman–Crippen MR) is 108 cm³/mol. The Kier molecular flexibility index (Phi) is 5.14. The highest BCUT2D eigenvalue weighted by Gasteiger charge is 2.24. The molecule has 1 amide bonds. The van der Waals surface area contributed by atoms with E-state index in [-0.39, 0.29) is 17.1 Å². The molecule has 28 heavy (non-hydrogen) atoms. The summed E-state index contributed by atoms with van der Waals surface area (Å²) in [6, 6.07) is 11.7. The number of fused-ring (bicyclic) bond motifs is 1. The van der Waals surface area contributed by atoms with Crippen LogP contribution in [0.4, 0.5) is 5.69 Å². The minimum absolute atomic E-state index is 0.0204. The maximum absolute atomic E-state index is 12.9. The van der Waals surface area contributed by atoms with Gasteiger partial charge in [0.25, 0.3) is 0 Å². The second-order valence-corrected chi connectivity index (χ2v) is 8.77. The van der Waals surface area contributed by atoms with Gasteiger partial charge in [0.05, 0.1) is 22.5 Å². The normalized spacial score (nSPS) is 11.9. The van der Waals surface area contributed by atoms with Crippen molar-refractivity contribution in [3.63, 3.8) is 0 Å². The van der Waals surface area contributed by atoms with Crippen LogP contribution in [0.2, 0.25) is 0 Å². The number of nitrogens with zero attached hydrogens (tertiary/aromatic N) is 3. The number of carbonyl (C=O) groups is 1. The van der Waals surface area contributed by atoms with Crippen LogP contribution >= 0.6 is 0 Å². The third-order valence-corrected chi connectivity index (χ3v) is 6.42. The van der Waals surface area contributed by atoms with Gasteiger partial charge < -0.3 is 5.32 Å². The maximum Gasteiger partial charge on any atom is 0.328 e. The lowest BCUT2D eigenvalue weighted by molar-refractivity contribution is -0.116. The van der Waals surface area contributed by atoms with Gasteiger partial charge in [0.1, 0.15) is 0 Å². The number of hydrogen-bond donors (Lipinski definition) is 1. The number of amides is 1. The van der Waals surface area contributed by atoms with Crippen molar-refractivity contribution >= 4 is 32.7 Å². The van der Waals surface area contributed by atoms with Crippen LogP contribution in [0, 0.1) is 6.92 Å². The first-order chi connectivity index (χ1) is 13.1. The van der Waals surface area contributed by atoms with Crippen molar-refractivity contribution in [3.8, 4) is 0 Å². The lowest BCUT2D eigenvalue weighted by Crippen LogP contribution is -2.35. The van der Waals surface area contributed by atoms with E-state index in [0.717, 1.165) is 9.87 Å². The molecule has 0 saturated heterocycles. The van der Waals surface area contributed by atoms with Gasteiger partial charge >= 0.3 is 5.69 Å². The van der Waals surface area contributed by atoms with Crippen LogP contribution < -0.4 is 11.0 Å². The van der Waals surface area contributed by atoms with Gasteiger partial charge in [0.15, 0.2) is 0 Å². The van der Waals surface area contributed by atoms with Crippen LogP contribution in [-0.2, 0) is 28.9 Å². The minimum Gasteiger partial charge on any atom is -0.325 e. The highest BCUT2D eigenvalue weighted by atomic mass is 32.2. The molecule has 0 atom stereocenters. The van der Waals surface area contributed by atoms with Crippen molar-refractivity contribution in [2.75, 3.05) is 18.9 Å². The molecule has 0 aliphatic carbocycles. The Morgan fingerprint density at radius 2 is 1.75 bits per heavy atom. The molecule has 0 radical (unpaired) electrons. The molecule has 0 fully saturated rings. The number of nitrogens with one attached hydrogen (secondary N) is 1. The van der Waals surface area contributed by atoms with Gasteiger partial charge in [-0.15, -0.1) is 0 Å². The second kappa shape index (κ2) is 7.25. The molecule has 0 aliphatic heterocycles. The van der Waals surface area contributed by atoms with Crippen molar-refractivity contribution in [1.29, 1.82) is 0 Å². The van der Waals surface area contributed by atoms with Crippen molar-refractivity contribution in [2.45, 2.75) is 11.8 Å². The van der Waals surface area contributed by atoms with Crippen LogP contribution in [0.3, 0.4) is 0 Å².